The Hall–Kier alpha value is -5.70. The zero-order chi connectivity index (χ0) is 40.0. The van der Waals surface area contributed by atoms with Crippen molar-refractivity contribution in [3.63, 3.8) is 0 Å². The number of ether oxygens (including phenoxy) is 6. The van der Waals surface area contributed by atoms with E-state index in [1.165, 1.54) is 0 Å². The van der Waals surface area contributed by atoms with E-state index in [0.717, 1.165) is 38.9 Å². The van der Waals surface area contributed by atoms with E-state index < -0.39 is 36.3 Å². The van der Waals surface area contributed by atoms with Gasteiger partial charge in [-0.05, 0) is 38.9 Å². The second-order valence-electron chi connectivity index (χ2n) is 14.7. The standard InChI is InChI=1S/C53H50O6/c1-8-22-41(23-9-1)36-54-49-48(40-58-53(45-30-16-5-17-31-45,46-32-18-6-19-33-46)47-34-20-7-21-35-47)59-52(57-39-44-28-14-4-15-29-44)51(56-38-43-26-12-3-13-27-43)50(49)55-37-42-24-10-2-11-25-42/h1-35,48-52H,36-40H2/t48-,49-,50+,51-,52+/m1/s1. The molecule has 1 aliphatic heterocycles. The van der Waals surface area contributed by atoms with Crippen molar-refractivity contribution in [3.8, 4) is 0 Å². The van der Waals surface area contributed by atoms with Crippen LogP contribution in [-0.2, 0) is 60.4 Å². The molecule has 0 N–H and O–H groups in total. The zero-order valence-electron chi connectivity index (χ0n) is 33.1. The molecule has 0 aliphatic carbocycles. The summed E-state index contributed by atoms with van der Waals surface area (Å²) in [7, 11) is 0. The Labute approximate surface area is 347 Å². The molecule has 0 saturated carbocycles. The summed E-state index contributed by atoms with van der Waals surface area (Å²) in [6.45, 7) is 1.45. The summed E-state index contributed by atoms with van der Waals surface area (Å²) in [6, 6.07) is 71.8. The van der Waals surface area contributed by atoms with Crippen LogP contribution >= 0.6 is 0 Å². The predicted octanol–water partition coefficient (Wildman–Crippen LogP) is 10.7. The van der Waals surface area contributed by atoms with Gasteiger partial charge in [0.1, 0.15) is 30.0 Å². The summed E-state index contributed by atoms with van der Waals surface area (Å²) in [5, 5.41) is 0. The van der Waals surface area contributed by atoms with E-state index in [-0.39, 0.29) is 6.61 Å². The Morgan fingerprint density at radius 2 is 0.644 bits per heavy atom. The van der Waals surface area contributed by atoms with E-state index in [4.69, 9.17) is 28.4 Å². The molecule has 0 unspecified atom stereocenters. The highest BCUT2D eigenvalue weighted by Gasteiger charge is 2.50. The highest BCUT2D eigenvalue weighted by Crippen LogP contribution is 2.42. The topological polar surface area (TPSA) is 55.4 Å². The second kappa shape index (κ2) is 20.3. The molecule has 0 amide bonds. The molecule has 0 bridgehead atoms. The molecule has 59 heavy (non-hydrogen) atoms. The van der Waals surface area contributed by atoms with Crippen LogP contribution in [0.25, 0.3) is 0 Å². The lowest BCUT2D eigenvalue weighted by atomic mass is 9.80. The van der Waals surface area contributed by atoms with Crippen LogP contribution in [0.5, 0.6) is 0 Å². The van der Waals surface area contributed by atoms with Gasteiger partial charge in [-0.25, -0.2) is 0 Å². The van der Waals surface area contributed by atoms with Gasteiger partial charge in [-0.1, -0.05) is 212 Å². The average molecular weight is 783 g/mol. The Bertz CT molecular complexity index is 2130. The van der Waals surface area contributed by atoms with E-state index in [9.17, 15) is 0 Å². The summed E-state index contributed by atoms with van der Waals surface area (Å²) in [6.07, 6.45) is -3.39. The molecule has 298 valence electrons. The molecule has 1 aliphatic rings. The minimum absolute atomic E-state index is 0.139. The lowest BCUT2D eigenvalue weighted by Crippen LogP contribution is -2.62. The van der Waals surface area contributed by atoms with Crippen molar-refractivity contribution < 1.29 is 28.4 Å². The second-order valence-corrected chi connectivity index (χ2v) is 14.7. The molecular weight excluding hydrogens is 733 g/mol. The first-order valence-electron chi connectivity index (χ1n) is 20.3. The van der Waals surface area contributed by atoms with Crippen LogP contribution in [0.15, 0.2) is 212 Å². The maximum atomic E-state index is 7.44. The van der Waals surface area contributed by atoms with Gasteiger partial charge in [-0.15, -0.1) is 0 Å². The van der Waals surface area contributed by atoms with Crippen LogP contribution < -0.4 is 0 Å². The Balaban J connectivity index is 1.20. The molecule has 1 saturated heterocycles. The molecule has 7 aromatic carbocycles. The minimum Gasteiger partial charge on any atom is -0.368 e. The van der Waals surface area contributed by atoms with Crippen LogP contribution in [0, 0.1) is 0 Å². The molecular formula is C53H50O6. The number of rotatable bonds is 18. The van der Waals surface area contributed by atoms with Crippen molar-refractivity contribution in [2.75, 3.05) is 6.61 Å². The highest BCUT2D eigenvalue weighted by atomic mass is 16.7. The molecule has 6 nitrogen and oxygen atoms in total. The van der Waals surface area contributed by atoms with Gasteiger partial charge >= 0.3 is 0 Å². The normalized spacial score (nSPS) is 19.3. The van der Waals surface area contributed by atoms with Crippen molar-refractivity contribution >= 4 is 0 Å². The van der Waals surface area contributed by atoms with Crippen LogP contribution in [0.1, 0.15) is 38.9 Å². The van der Waals surface area contributed by atoms with Crippen LogP contribution in [-0.4, -0.2) is 37.3 Å². The van der Waals surface area contributed by atoms with Crippen LogP contribution in [0.3, 0.4) is 0 Å². The zero-order valence-corrected chi connectivity index (χ0v) is 33.1. The molecule has 0 radical (unpaired) electrons. The van der Waals surface area contributed by atoms with Crippen molar-refractivity contribution in [3.05, 3.63) is 251 Å². The maximum Gasteiger partial charge on any atom is 0.187 e. The van der Waals surface area contributed by atoms with Crippen molar-refractivity contribution in [2.24, 2.45) is 0 Å². The lowest BCUT2D eigenvalue weighted by molar-refractivity contribution is -0.332. The van der Waals surface area contributed by atoms with Gasteiger partial charge in [0.2, 0.25) is 0 Å². The molecule has 7 aromatic rings. The number of benzene rings is 7. The van der Waals surface area contributed by atoms with Gasteiger partial charge in [-0.3, -0.25) is 0 Å². The van der Waals surface area contributed by atoms with Crippen molar-refractivity contribution in [1.82, 2.24) is 0 Å². The Morgan fingerprint density at radius 3 is 1.02 bits per heavy atom. The van der Waals surface area contributed by atoms with E-state index >= 15 is 0 Å². The molecule has 5 atom stereocenters. The smallest absolute Gasteiger partial charge is 0.187 e. The summed E-state index contributed by atoms with van der Waals surface area (Å²) >= 11 is 0. The van der Waals surface area contributed by atoms with Gasteiger partial charge in [0.25, 0.3) is 0 Å². The van der Waals surface area contributed by atoms with Gasteiger partial charge < -0.3 is 28.4 Å². The Morgan fingerprint density at radius 1 is 0.339 bits per heavy atom. The fourth-order valence-corrected chi connectivity index (χ4v) is 7.74. The third kappa shape index (κ3) is 10.1. The molecule has 0 spiro atoms. The largest absolute Gasteiger partial charge is 0.368 e. The lowest BCUT2D eigenvalue weighted by Gasteiger charge is -2.47. The minimum atomic E-state index is -0.988. The molecule has 1 fully saturated rings. The van der Waals surface area contributed by atoms with Crippen LogP contribution in [0.2, 0.25) is 0 Å². The van der Waals surface area contributed by atoms with E-state index in [1.807, 2.05) is 103 Å². The first-order valence-corrected chi connectivity index (χ1v) is 20.3. The van der Waals surface area contributed by atoms with Gasteiger partial charge in [-0.2, -0.15) is 0 Å². The summed E-state index contributed by atoms with van der Waals surface area (Å²) in [5.41, 5.74) is 6.11. The van der Waals surface area contributed by atoms with Crippen molar-refractivity contribution in [1.29, 1.82) is 0 Å². The fourth-order valence-electron chi connectivity index (χ4n) is 7.74. The highest BCUT2D eigenvalue weighted by molar-refractivity contribution is 5.47. The number of hydrogen-bond acceptors (Lipinski definition) is 6. The van der Waals surface area contributed by atoms with Gasteiger partial charge in [0, 0.05) is 0 Å². The van der Waals surface area contributed by atoms with Crippen molar-refractivity contribution in [2.45, 2.75) is 62.7 Å². The molecule has 6 heteroatoms. The average Bonchev–Trinajstić information content (AvgIpc) is 3.32. The first-order chi connectivity index (χ1) is 29.3. The molecule has 1 heterocycles. The number of hydrogen-bond donors (Lipinski definition) is 0. The van der Waals surface area contributed by atoms with Gasteiger partial charge in [0.15, 0.2) is 6.29 Å². The summed E-state index contributed by atoms with van der Waals surface area (Å²) in [5.74, 6) is 0. The monoisotopic (exact) mass is 782 g/mol. The predicted molar refractivity (Wildman–Crippen MR) is 230 cm³/mol. The third-order valence-corrected chi connectivity index (χ3v) is 10.7. The molecule has 8 rings (SSSR count). The third-order valence-electron chi connectivity index (χ3n) is 10.7. The summed E-state index contributed by atoms with van der Waals surface area (Å²) < 4.78 is 42.2. The fraction of sp³-hybridized carbons (Fsp3) is 0.208. The Kier molecular flexibility index (Phi) is 13.8. The van der Waals surface area contributed by atoms with E-state index in [1.54, 1.807) is 0 Å². The quantitative estimate of drug-likeness (QED) is 0.0808. The summed E-state index contributed by atoms with van der Waals surface area (Å²) in [4.78, 5) is 0. The SMILES string of the molecule is c1ccc(CO[C@H]2O[C@H](COC(c3ccccc3)(c3ccccc3)c3ccccc3)[C@@H](OCc3ccccc3)[C@H](OCc3ccccc3)[C@H]2OCc2ccccc2)cc1. The molecule has 0 aromatic heterocycles. The van der Waals surface area contributed by atoms with Crippen LogP contribution in [0.4, 0.5) is 0 Å². The first kappa shape index (κ1) is 40.1. The maximum absolute atomic E-state index is 7.44. The van der Waals surface area contributed by atoms with E-state index in [2.05, 4.69) is 109 Å². The van der Waals surface area contributed by atoms with E-state index in [0.29, 0.717) is 26.4 Å². The van der Waals surface area contributed by atoms with Gasteiger partial charge in [0.05, 0.1) is 33.0 Å².